The standard InChI is InChI=1S/C16H22ClN3O/c1-16(2)10-4-3-9(13(16)5-10)7-20-8-11(17)6-12(14(20)18)15(19)21/h6,8-10,13,18H,3-5,7H2,1-2H3,(H2,19,21)/t9-,10-,13-/m0/s1. The number of nitrogens with one attached hydrogen (secondary N) is 1. The van der Waals surface area contributed by atoms with E-state index in [1.165, 1.54) is 25.3 Å². The topological polar surface area (TPSA) is 71.9 Å². The number of aromatic nitrogens is 1. The van der Waals surface area contributed by atoms with Gasteiger partial charge in [-0.05, 0) is 48.5 Å². The Kier molecular flexibility index (Phi) is 3.40. The first-order valence-corrected chi connectivity index (χ1v) is 7.93. The number of rotatable bonds is 3. The van der Waals surface area contributed by atoms with Gasteiger partial charge in [-0.15, -0.1) is 0 Å². The molecule has 0 saturated heterocycles. The van der Waals surface area contributed by atoms with Crippen LogP contribution in [-0.2, 0) is 6.54 Å². The number of nitrogens with zero attached hydrogens (tertiary/aromatic N) is 1. The van der Waals surface area contributed by atoms with E-state index in [0.29, 0.717) is 22.3 Å². The largest absolute Gasteiger partial charge is 0.365 e. The van der Waals surface area contributed by atoms with E-state index in [9.17, 15) is 4.79 Å². The van der Waals surface area contributed by atoms with Crippen molar-refractivity contribution < 1.29 is 4.79 Å². The van der Waals surface area contributed by atoms with Crippen LogP contribution in [0.4, 0.5) is 0 Å². The van der Waals surface area contributed by atoms with Crippen LogP contribution in [-0.4, -0.2) is 10.5 Å². The van der Waals surface area contributed by atoms with Crippen molar-refractivity contribution in [1.29, 1.82) is 5.41 Å². The molecule has 3 saturated carbocycles. The zero-order valence-corrected chi connectivity index (χ0v) is 13.3. The van der Waals surface area contributed by atoms with E-state index in [4.69, 9.17) is 22.7 Å². The lowest BCUT2D eigenvalue weighted by Crippen LogP contribution is -2.53. The molecule has 0 spiro atoms. The summed E-state index contributed by atoms with van der Waals surface area (Å²) in [4.78, 5) is 11.4. The summed E-state index contributed by atoms with van der Waals surface area (Å²) in [5, 5.41) is 8.63. The Morgan fingerprint density at radius 3 is 2.81 bits per heavy atom. The van der Waals surface area contributed by atoms with Crippen molar-refractivity contribution in [2.24, 2.45) is 28.9 Å². The number of fused-ring (bicyclic) bond motifs is 2. The van der Waals surface area contributed by atoms with Crippen LogP contribution < -0.4 is 11.2 Å². The Balaban J connectivity index is 1.89. The van der Waals surface area contributed by atoms with Crippen LogP contribution in [0.2, 0.25) is 5.02 Å². The Morgan fingerprint density at radius 1 is 1.52 bits per heavy atom. The third-order valence-electron chi connectivity index (χ3n) is 5.80. The van der Waals surface area contributed by atoms with Crippen molar-refractivity contribution in [3.8, 4) is 0 Å². The third kappa shape index (κ3) is 2.30. The van der Waals surface area contributed by atoms with Gasteiger partial charge in [-0.25, -0.2) is 0 Å². The highest BCUT2D eigenvalue weighted by molar-refractivity contribution is 6.30. The molecule has 1 amide bonds. The average molecular weight is 308 g/mol. The fraction of sp³-hybridized carbons (Fsp3) is 0.625. The summed E-state index contributed by atoms with van der Waals surface area (Å²) >= 11 is 6.07. The van der Waals surface area contributed by atoms with Gasteiger partial charge in [0.1, 0.15) is 5.49 Å². The summed E-state index contributed by atoms with van der Waals surface area (Å²) in [5.74, 6) is 1.53. The van der Waals surface area contributed by atoms with Crippen molar-refractivity contribution in [3.05, 3.63) is 28.3 Å². The first kappa shape index (κ1) is 14.6. The minimum atomic E-state index is -0.594. The van der Waals surface area contributed by atoms with E-state index in [2.05, 4.69) is 13.8 Å². The molecule has 3 aliphatic carbocycles. The molecule has 2 bridgehead atoms. The van der Waals surface area contributed by atoms with E-state index in [0.717, 1.165) is 12.5 Å². The fourth-order valence-electron chi connectivity index (χ4n) is 4.38. The summed E-state index contributed by atoms with van der Waals surface area (Å²) in [5.41, 5.74) is 6.12. The number of amides is 1. The summed E-state index contributed by atoms with van der Waals surface area (Å²) in [6.45, 7) is 5.47. The van der Waals surface area contributed by atoms with Crippen LogP contribution in [0.5, 0.6) is 0 Å². The molecule has 1 aromatic rings. The molecule has 1 aromatic heterocycles. The van der Waals surface area contributed by atoms with Crippen molar-refractivity contribution >= 4 is 17.5 Å². The van der Waals surface area contributed by atoms with Gasteiger partial charge in [0.15, 0.2) is 0 Å². The van der Waals surface area contributed by atoms with Crippen LogP contribution in [0.1, 0.15) is 43.5 Å². The van der Waals surface area contributed by atoms with Gasteiger partial charge < -0.3 is 10.3 Å². The maximum absolute atomic E-state index is 11.4. The molecule has 0 unspecified atom stereocenters. The van der Waals surface area contributed by atoms with Gasteiger partial charge >= 0.3 is 0 Å². The molecule has 1 heterocycles. The number of pyridine rings is 1. The van der Waals surface area contributed by atoms with Crippen molar-refractivity contribution in [2.45, 2.75) is 39.7 Å². The maximum Gasteiger partial charge on any atom is 0.252 e. The number of hydrogen-bond acceptors (Lipinski definition) is 2. The molecular weight excluding hydrogens is 286 g/mol. The molecule has 114 valence electrons. The summed E-state index contributed by atoms with van der Waals surface area (Å²) in [6, 6.07) is 1.48. The predicted octanol–water partition coefficient (Wildman–Crippen LogP) is 2.79. The third-order valence-corrected chi connectivity index (χ3v) is 6.01. The van der Waals surface area contributed by atoms with Gasteiger partial charge in [0.05, 0.1) is 10.6 Å². The number of nitrogens with two attached hydrogens (primary N) is 1. The molecular formula is C16H22ClN3O. The van der Waals surface area contributed by atoms with Crippen LogP contribution >= 0.6 is 11.6 Å². The van der Waals surface area contributed by atoms with E-state index in [1.54, 1.807) is 10.8 Å². The smallest absolute Gasteiger partial charge is 0.252 e. The lowest BCUT2D eigenvalue weighted by atomic mass is 9.45. The molecule has 3 N–H and O–H groups in total. The predicted molar refractivity (Wildman–Crippen MR) is 81.9 cm³/mol. The minimum absolute atomic E-state index is 0.172. The Morgan fingerprint density at radius 2 is 2.24 bits per heavy atom. The van der Waals surface area contributed by atoms with Crippen molar-refractivity contribution in [3.63, 3.8) is 0 Å². The fourth-order valence-corrected chi connectivity index (χ4v) is 4.60. The molecule has 0 aromatic carbocycles. The highest BCUT2D eigenvalue weighted by Gasteiger charge is 2.53. The lowest BCUT2D eigenvalue weighted by Gasteiger charge is -2.60. The van der Waals surface area contributed by atoms with E-state index in [1.807, 2.05) is 0 Å². The lowest BCUT2D eigenvalue weighted by molar-refractivity contribution is -0.109. The van der Waals surface area contributed by atoms with E-state index >= 15 is 0 Å². The average Bonchev–Trinajstić information content (AvgIpc) is 2.42. The van der Waals surface area contributed by atoms with Crippen molar-refractivity contribution in [2.75, 3.05) is 0 Å². The van der Waals surface area contributed by atoms with Crippen LogP contribution in [0, 0.1) is 28.6 Å². The SMILES string of the molecule is CC1(C)[C@H]2CC[C@@H](Cn3cc(Cl)cc(C(N)=O)c3=N)[C@@H]1C2. The number of carbonyl (C=O) groups is 1. The van der Waals surface area contributed by atoms with Crippen LogP contribution in [0.15, 0.2) is 12.3 Å². The van der Waals surface area contributed by atoms with E-state index < -0.39 is 5.91 Å². The first-order chi connectivity index (χ1) is 9.80. The normalized spacial score (nSPS) is 29.8. The van der Waals surface area contributed by atoms with Gasteiger partial charge in [0.25, 0.3) is 5.91 Å². The molecule has 5 heteroatoms. The molecule has 4 rings (SSSR count). The van der Waals surface area contributed by atoms with Crippen LogP contribution in [0.3, 0.4) is 0 Å². The van der Waals surface area contributed by atoms with Gasteiger partial charge in [-0.3, -0.25) is 10.2 Å². The molecule has 4 nitrogen and oxygen atoms in total. The van der Waals surface area contributed by atoms with Crippen molar-refractivity contribution in [1.82, 2.24) is 4.57 Å². The van der Waals surface area contributed by atoms with Gasteiger partial charge in [0, 0.05) is 12.7 Å². The highest BCUT2D eigenvalue weighted by Crippen LogP contribution is 2.61. The zero-order chi connectivity index (χ0) is 15.4. The highest BCUT2D eigenvalue weighted by atomic mass is 35.5. The van der Waals surface area contributed by atoms with Gasteiger partial charge in [-0.1, -0.05) is 25.4 Å². The Labute approximate surface area is 129 Å². The first-order valence-electron chi connectivity index (χ1n) is 7.55. The zero-order valence-electron chi connectivity index (χ0n) is 12.5. The number of hydrogen-bond donors (Lipinski definition) is 2. The molecule has 3 atom stereocenters. The second kappa shape index (κ2) is 4.87. The Hall–Kier alpha value is -1.29. The number of halogens is 1. The number of carbonyl (C=O) groups excluding carboxylic acids is 1. The maximum atomic E-state index is 11.4. The van der Waals surface area contributed by atoms with E-state index in [-0.39, 0.29) is 11.1 Å². The molecule has 0 radical (unpaired) electrons. The second-order valence-electron chi connectivity index (χ2n) is 7.14. The van der Waals surface area contributed by atoms with Crippen LogP contribution in [0.25, 0.3) is 0 Å². The molecule has 3 fully saturated rings. The molecule has 21 heavy (non-hydrogen) atoms. The molecule has 3 aliphatic rings. The Bertz CT molecular complexity index is 647. The second-order valence-corrected chi connectivity index (χ2v) is 7.57. The molecule has 0 aliphatic heterocycles. The summed E-state index contributed by atoms with van der Waals surface area (Å²) < 4.78 is 1.79. The van der Waals surface area contributed by atoms with Gasteiger partial charge in [0.2, 0.25) is 0 Å². The quantitative estimate of drug-likeness (QED) is 0.885. The minimum Gasteiger partial charge on any atom is -0.365 e. The number of primary amides is 1. The summed E-state index contributed by atoms with van der Waals surface area (Å²) in [7, 11) is 0. The summed E-state index contributed by atoms with van der Waals surface area (Å²) in [6.07, 6.45) is 5.51. The monoisotopic (exact) mass is 307 g/mol. The van der Waals surface area contributed by atoms with Gasteiger partial charge in [-0.2, -0.15) is 0 Å².